The Labute approximate surface area is 152 Å². The zero-order chi connectivity index (χ0) is 18.5. The standard InChI is InChI=1S/C18H13N3O4S/c22-17(14-4-1-2-5-15(14)21(24)25)19-12-7-9-13(10-8-12)20-18(23)16-6-3-11-26-16/h1-11H,(H,19,22)(H,20,23). The van der Waals surface area contributed by atoms with Gasteiger partial charge in [-0.1, -0.05) is 18.2 Å². The first-order valence-corrected chi connectivity index (χ1v) is 8.42. The van der Waals surface area contributed by atoms with Gasteiger partial charge in [0.2, 0.25) is 0 Å². The zero-order valence-electron chi connectivity index (χ0n) is 13.3. The van der Waals surface area contributed by atoms with Gasteiger partial charge in [0, 0.05) is 17.4 Å². The molecule has 2 amide bonds. The minimum Gasteiger partial charge on any atom is -0.322 e. The summed E-state index contributed by atoms with van der Waals surface area (Å²) in [6.07, 6.45) is 0. The van der Waals surface area contributed by atoms with Crippen molar-refractivity contribution in [3.63, 3.8) is 0 Å². The third-order valence-electron chi connectivity index (χ3n) is 3.49. The van der Waals surface area contributed by atoms with Crippen molar-refractivity contribution in [2.24, 2.45) is 0 Å². The van der Waals surface area contributed by atoms with Gasteiger partial charge in [-0.3, -0.25) is 19.7 Å². The van der Waals surface area contributed by atoms with Crippen molar-refractivity contribution in [1.82, 2.24) is 0 Å². The molecular weight excluding hydrogens is 354 g/mol. The number of rotatable bonds is 5. The van der Waals surface area contributed by atoms with Crippen molar-refractivity contribution in [3.05, 3.63) is 86.6 Å². The van der Waals surface area contributed by atoms with E-state index in [-0.39, 0.29) is 17.2 Å². The average Bonchev–Trinajstić information content (AvgIpc) is 3.18. The second-order valence-corrected chi connectivity index (χ2v) is 6.18. The molecule has 26 heavy (non-hydrogen) atoms. The highest BCUT2D eigenvalue weighted by molar-refractivity contribution is 7.12. The first-order chi connectivity index (χ1) is 12.5. The number of para-hydroxylation sites is 1. The summed E-state index contributed by atoms with van der Waals surface area (Å²) >= 11 is 1.34. The van der Waals surface area contributed by atoms with Gasteiger partial charge >= 0.3 is 0 Å². The quantitative estimate of drug-likeness (QED) is 0.522. The Morgan fingerprint density at radius 3 is 2.04 bits per heavy atom. The number of amides is 2. The summed E-state index contributed by atoms with van der Waals surface area (Å²) in [6, 6.07) is 15.7. The predicted octanol–water partition coefficient (Wildman–Crippen LogP) is 4.16. The summed E-state index contributed by atoms with van der Waals surface area (Å²) in [5.41, 5.74) is 0.756. The number of anilines is 2. The molecular formula is C18H13N3O4S. The van der Waals surface area contributed by atoms with Gasteiger partial charge in [0.25, 0.3) is 17.5 Å². The van der Waals surface area contributed by atoms with Crippen LogP contribution in [0.3, 0.4) is 0 Å². The Balaban J connectivity index is 1.69. The van der Waals surface area contributed by atoms with Crippen molar-refractivity contribution >= 4 is 40.2 Å². The molecule has 8 heteroatoms. The molecule has 2 aromatic carbocycles. The fourth-order valence-corrected chi connectivity index (χ4v) is 2.88. The summed E-state index contributed by atoms with van der Waals surface area (Å²) in [7, 11) is 0. The molecule has 3 aromatic rings. The number of nitrogens with one attached hydrogen (secondary N) is 2. The molecule has 0 aliphatic rings. The molecule has 0 unspecified atom stereocenters. The molecule has 1 heterocycles. The van der Waals surface area contributed by atoms with Crippen LogP contribution < -0.4 is 10.6 Å². The summed E-state index contributed by atoms with van der Waals surface area (Å²) in [6.45, 7) is 0. The van der Waals surface area contributed by atoms with Crippen molar-refractivity contribution in [1.29, 1.82) is 0 Å². The number of hydrogen-bond donors (Lipinski definition) is 2. The van der Waals surface area contributed by atoms with Gasteiger partial charge in [-0.05, 0) is 41.8 Å². The van der Waals surface area contributed by atoms with Gasteiger partial charge in [0.05, 0.1) is 9.80 Å². The van der Waals surface area contributed by atoms with E-state index in [1.807, 2.05) is 5.38 Å². The highest BCUT2D eigenvalue weighted by Crippen LogP contribution is 2.21. The van der Waals surface area contributed by atoms with Gasteiger partial charge in [-0.15, -0.1) is 11.3 Å². The number of nitro benzene ring substituents is 1. The van der Waals surface area contributed by atoms with Crippen LogP contribution in [0.15, 0.2) is 66.0 Å². The van der Waals surface area contributed by atoms with Gasteiger partial charge in [0.15, 0.2) is 0 Å². The van der Waals surface area contributed by atoms with Gasteiger partial charge < -0.3 is 10.6 Å². The van der Waals surface area contributed by atoms with E-state index in [1.165, 1.54) is 29.5 Å². The van der Waals surface area contributed by atoms with Crippen molar-refractivity contribution in [3.8, 4) is 0 Å². The first-order valence-electron chi connectivity index (χ1n) is 7.54. The number of nitro groups is 1. The van der Waals surface area contributed by atoms with E-state index >= 15 is 0 Å². The minimum absolute atomic E-state index is 0.0208. The van der Waals surface area contributed by atoms with Gasteiger partial charge in [0.1, 0.15) is 5.56 Å². The van der Waals surface area contributed by atoms with E-state index in [1.54, 1.807) is 42.5 Å². The highest BCUT2D eigenvalue weighted by Gasteiger charge is 2.19. The second kappa shape index (κ2) is 7.58. The number of nitrogens with zero attached hydrogens (tertiary/aromatic N) is 1. The van der Waals surface area contributed by atoms with Crippen LogP contribution in [-0.4, -0.2) is 16.7 Å². The number of thiophene rings is 1. The van der Waals surface area contributed by atoms with E-state index in [0.717, 1.165) is 0 Å². The fourth-order valence-electron chi connectivity index (χ4n) is 2.26. The van der Waals surface area contributed by atoms with Crippen molar-refractivity contribution < 1.29 is 14.5 Å². The van der Waals surface area contributed by atoms with Crippen molar-refractivity contribution in [2.45, 2.75) is 0 Å². The molecule has 0 aliphatic heterocycles. The Morgan fingerprint density at radius 1 is 0.846 bits per heavy atom. The molecule has 7 nitrogen and oxygen atoms in total. The van der Waals surface area contributed by atoms with Crippen LogP contribution >= 0.6 is 11.3 Å². The summed E-state index contributed by atoms with van der Waals surface area (Å²) < 4.78 is 0. The predicted molar refractivity (Wildman–Crippen MR) is 99.8 cm³/mol. The molecule has 0 bridgehead atoms. The van der Waals surface area contributed by atoms with Crippen molar-refractivity contribution in [2.75, 3.05) is 10.6 Å². The monoisotopic (exact) mass is 367 g/mol. The Bertz CT molecular complexity index is 953. The van der Waals surface area contributed by atoms with E-state index in [9.17, 15) is 19.7 Å². The van der Waals surface area contributed by atoms with E-state index in [2.05, 4.69) is 10.6 Å². The maximum absolute atomic E-state index is 12.3. The highest BCUT2D eigenvalue weighted by atomic mass is 32.1. The number of benzene rings is 2. The maximum Gasteiger partial charge on any atom is 0.282 e. The van der Waals surface area contributed by atoms with Crippen LogP contribution in [0.5, 0.6) is 0 Å². The number of hydrogen-bond acceptors (Lipinski definition) is 5. The Morgan fingerprint density at radius 2 is 1.46 bits per heavy atom. The summed E-state index contributed by atoms with van der Waals surface area (Å²) in [5, 5.41) is 18.2. The largest absolute Gasteiger partial charge is 0.322 e. The number of carbonyl (C=O) groups excluding carboxylic acids is 2. The molecule has 0 saturated carbocycles. The fraction of sp³-hybridized carbons (Fsp3) is 0. The lowest BCUT2D eigenvalue weighted by molar-refractivity contribution is -0.385. The zero-order valence-corrected chi connectivity index (χ0v) is 14.2. The third-order valence-corrected chi connectivity index (χ3v) is 4.36. The molecule has 130 valence electrons. The average molecular weight is 367 g/mol. The van der Waals surface area contributed by atoms with E-state index < -0.39 is 10.8 Å². The smallest absolute Gasteiger partial charge is 0.282 e. The molecule has 2 N–H and O–H groups in total. The lowest BCUT2D eigenvalue weighted by atomic mass is 10.1. The molecule has 3 rings (SSSR count). The van der Waals surface area contributed by atoms with Crippen LogP contribution in [-0.2, 0) is 0 Å². The molecule has 0 radical (unpaired) electrons. The normalized spacial score (nSPS) is 10.2. The van der Waals surface area contributed by atoms with E-state index in [0.29, 0.717) is 16.3 Å². The minimum atomic E-state index is -0.599. The molecule has 0 aliphatic carbocycles. The lowest BCUT2D eigenvalue weighted by Gasteiger charge is -2.08. The Kier molecular flexibility index (Phi) is 5.04. The van der Waals surface area contributed by atoms with Crippen LogP contribution in [0.1, 0.15) is 20.0 Å². The summed E-state index contributed by atoms with van der Waals surface area (Å²) in [4.78, 5) is 35.3. The third kappa shape index (κ3) is 3.93. The molecule has 0 saturated heterocycles. The van der Waals surface area contributed by atoms with Crippen LogP contribution in [0.4, 0.5) is 17.1 Å². The Hall–Kier alpha value is -3.52. The first kappa shape index (κ1) is 17.3. The molecule has 0 fully saturated rings. The topological polar surface area (TPSA) is 101 Å². The number of carbonyl (C=O) groups is 2. The molecule has 0 atom stereocenters. The summed E-state index contributed by atoms with van der Waals surface area (Å²) in [5.74, 6) is -0.788. The SMILES string of the molecule is O=C(Nc1ccc(NC(=O)c2ccccc2[N+](=O)[O-])cc1)c1cccs1. The lowest BCUT2D eigenvalue weighted by Crippen LogP contribution is -2.14. The van der Waals surface area contributed by atoms with E-state index in [4.69, 9.17) is 0 Å². The van der Waals surface area contributed by atoms with Crippen LogP contribution in [0.25, 0.3) is 0 Å². The molecule has 1 aromatic heterocycles. The van der Waals surface area contributed by atoms with Gasteiger partial charge in [-0.25, -0.2) is 0 Å². The van der Waals surface area contributed by atoms with Crippen LogP contribution in [0, 0.1) is 10.1 Å². The molecule has 0 spiro atoms. The van der Waals surface area contributed by atoms with Gasteiger partial charge in [-0.2, -0.15) is 0 Å². The van der Waals surface area contributed by atoms with Crippen LogP contribution in [0.2, 0.25) is 0 Å². The maximum atomic E-state index is 12.3. The second-order valence-electron chi connectivity index (χ2n) is 5.24.